The summed E-state index contributed by atoms with van der Waals surface area (Å²) in [5, 5.41) is 6.49. The first-order chi connectivity index (χ1) is 12.9. The number of methoxy groups -OCH3 is 1. The minimum absolute atomic E-state index is 0.0866. The Hall–Kier alpha value is -3.16. The monoisotopic (exact) mass is 378 g/mol. The van der Waals surface area contributed by atoms with Crippen LogP contribution in [0.1, 0.15) is 18.1 Å². The predicted octanol–water partition coefficient (Wildman–Crippen LogP) is 3.98. The third kappa shape index (κ3) is 6.25. The van der Waals surface area contributed by atoms with E-state index in [4.69, 9.17) is 9.57 Å². The second-order valence-electron chi connectivity index (χ2n) is 5.63. The van der Waals surface area contributed by atoms with E-state index in [0.717, 1.165) is 5.56 Å². The number of hydrogen-bond acceptors (Lipinski definition) is 5. The molecular weight excluding hydrogens is 358 g/mol. The molecule has 0 aliphatic heterocycles. The van der Waals surface area contributed by atoms with Crippen LogP contribution in [-0.2, 0) is 9.63 Å². The van der Waals surface area contributed by atoms with Gasteiger partial charge in [0.25, 0.3) is 5.91 Å². The Kier molecular flexibility index (Phi) is 7.10. The second-order valence-corrected chi connectivity index (χ2v) is 5.63. The Morgan fingerprint density at radius 2 is 1.96 bits per heavy atom. The van der Waals surface area contributed by atoms with Gasteiger partial charge in [-0.15, -0.1) is 0 Å². The zero-order chi connectivity index (χ0) is 19.8. The van der Waals surface area contributed by atoms with Crippen molar-refractivity contribution in [1.82, 2.24) is 0 Å². The van der Waals surface area contributed by atoms with Gasteiger partial charge in [0.1, 0.15) is 0 Å². The first kappa shape index (κ1) is 20.2. The molecular formula is C19H20F2N2O4. The van der Waals surface area contributed by atoms with Crippen molar-refractivity contribution in [2.45, 2.75) is 26.6 Å². The molecule has 0 aliphatic carbocycles. The quantitative estimate of drug-likeness (QED) is 0.557. The van der Waals surface area contributed by atoms with Gasteiger partial charge in [-0.3, -0.25) is 4.79 Å². The lowest BCUT2D eigenvalue weighted by Crippen LogP contribution is -2.26. The molecule has 1 unspecified atom stereocenters. The Bertz CT molecular complexity index is 812. The third-order valence-electron chi connectivity index (χ3n) is 3.48. The van der Waals surface area contributed by atoms with Crippen LogP contribution in [0.2, 0.25) is 0 Å². The highest BCUT2D eigenvalue weighted by Crippen LogP contribution is 2.28. The zero-order valence-corrected chi connectivity index (χ0v) is 15.1. The predicted molar refractivity (Wildman–Crippen MR) is 97.6 cm³/mol. The normalized spacial score (nSPS) is 12.1. The molecule has 0 bridgehead atoms. The Labute approximate surface area is 155 Å². The molecule has 0 aromatic heterocycles. The number of anilines is 1. The topological polar surface area (TPSA) is 69.2 Å². The van der Waals surface area contributed by atoms with Gasteiger partial charge < -0.3 is 19.6 Å². The van der Waals surface area contributed by atoms with Crippen LogP contribution in [0.3, 0.4) is 0 Å². The molecule has 8 heteroatoms. The molecule has 2 aromatic carbocycles. The molecule has 1 amide bonds. The van der Waals surface area contributed by atoms with E-state index in [2.05, 4.69) is 15.2 Å². The number of oxime groups is 1. The minimum atomic E-state index is -2.95. The lowest BCUT2D eigenvalue weighted by atomic mass is 10.2. The van der Waals surface area contributed by atoms with E-state index in [-0.39, 0.29) is 17.4 Å². The van der Waals surface area contributed by atoms with Gasteiger partial charge in [-0.25, -0.2) is 0 Å². The van der Waals surface area contributed by atoms with Gasteiger partial charge in [0.2, 0.25) is 6.10 Å². The van der Waals surface area contributed by atoms with Crippen molar-refractivity contribution < 1.29 is 27.9 Å². The molecule has 0 aliphatic rings. The maximum atomic E-state index is 12.3. The first-order valence-electron chi connectivity index (χ1n) is 8.08. The Morgan fingerprint density at radius 1 is 1.19 bits per heavy atom. The number of rotatable bonds is 8. The van der Waals surface area contributed by atoms with Crippen molar-refractivity contribution in [1.29, 1.82) is 0 Å². The number of carbonyl (C=O) groups is 1. The van der Waals surface area contributed by atoms with E-state index in [0.29, 0.717) is 11.3 Å². The van der Waals surface area contributed by atoms with E-state index < -0.39 is 12.7 Å². The van der Waals surface area contributed by atoms with Gasteiger partial charge in [0.15, 0.2) is 11.5 Å². The maximum absolute atomic E-state index is 12.3. The van der Waals surface area contributed by atoms with Crippen LogP contribution in [0.15, 0.2) is 47.6 Å². The number of carbonyl (C=O) groups excluding carboxylic acids is 1. The molecule has 0 fully saturated rings. The van der Waals surface area contributed by atoms with Crippen LogP contribution in [0.5, 0.6) is 11.5 Å². The summed E-state index contributed by atoms with van der Waals surface area (Å²) < 4.78 is 34.0. The Morgan fingerprint density at radius 3 is 2.63 bits per heavy atom. The van der Waals surface area contributed by atoms with Crippen LogP contribution in [0, 0.1) is 6.92 Å². The molecule has 27 heavy (non-hydrogen) atoms. The van der Waals surface area contributed by atoms with Crippen molar-refractivity contribution >= 4 is 17.8 Å². The molecule has 0 radical (unpaired) electrons. The summed E-state index contributed by atoms with van der Waals surface area (Å²) in [6, 6.07) is 11.7. The highest BCUT2D eigenvalue weighted by Gasteiger charge is 2.14. The number of hydrogen-bond donors (Lipinski definition) is 1. The van der Waals surface area contributed by atoms with Crippen LogP contribution < -0.4 is 14.8 Å². The van der Waals surface area contributed by atoms with Crippen LogP contribution >= 0.6 is 0 Å². The van der Waals surface area contributed by atoms with E-state index in [1.165, 1.54) is 31.5 Å². The highest BCUT2D eigenvalue weighted by molar-refractivity contribution is 5.94. The third-order valence-corrected chi connectivity index (χ3v) is 3.48. The molecule has 2 rings (SSSR count). The summed E-state index contributed by atoms with van der Waals surface area (Å²) in [5.41, 5.74) is 2.21. The average Bonchev–Trinajstić information content (AvgIpc) is 2.62. The smallest absolute Gasteiger partial charge is 0.387 e. The average molecular weight is 378 g/mol. The van der Waals surface area contributed by atoms with Gasteiger partial charge in [0.05, 0.1) is 13.3 Å². The largest absolute Gasteiger partial charge is 0.493 e. The van der Waals surface area contributed by atoms with Gasteiger partial charge in [-0.05, 0) is 49.7 Å². The molecule has 0 spiro atoms. The fourth-order valence-corrected chi connectivity index (χ4v) is 2.15. The first-order valence-corrected chi connectivity index (χ1v) is 8.08. The molecule has 0 saturated carbocycles. The summed E-state index contributed by atoms with van der Waals surface area (Å²) in [4.78, 5) is 17.2. The van der Waals surface area contributed by atoms with Crippen molar-refractivity contribution in [2.24, 2.45) is 5.16 Å². The fraction of sp³-hybridized carbons (Fsp3) is 0.263. The van der Waals surface area contributed by atoms with Gasteiger partial charge in [-0.1, -0.05) is 17.3 Å². The molecule has 1 N–H and O–H groups in total. The van der Waals surface area contributed by atoms with Crippen molar-refractivity contribution in [3.05, 3.63) is 53.6 Å². The van der Waals surface area contributed by atoms with E-state index in [9.17, 15) is 13.6 Å². The maximum Gasteiger partial charge on any atom is 0.387 e. The number of halogens is 2. The van der Waals surface area contributed by atoms with Crippen LogP contribution in [0.25, 0.3) is 0 Å². The van der Waals surface area contributed by atoms with Crippen molar-refractivity contribution in [2.75, 3.05) is 12.4 Å². The van der Waals surface area contributed by atoms with Crippen LogP contribution in [0.4, 0.5) is 14.5 Å². The number of amides is 1. The second kappa shape index (κ2) is 9.51. The number of benzene rings is 2. The Balaban J connectivity index is 1.94. The summed E-state index contributed by atoms with van der Waals surface area (Å²) in [5.74, 6) is -0.308. The molecule has 2 aromatic rings. The number of nitrogens with zero attached hydrogens (tertiary/aromatic N) is 1. The van der Waals surface area contributed by atoms with Crippen molar-refractivity contribution in [3.8, 4) is 11.5 Å². The number of nitrogens with one attached hydrogen (secondary N) is 1. The molecule has 6 nitrogen and oxygen atoms in total. The summed E-state index contributed by atoms with van der Waals surface area (Å²) in [6.07, 6.45) is 0.510. The molecule has 1 atom stereocenters. The van der Waals surface area contributed by atoms with E-state index in [1.807, 2.05) is 25.1 Å². The number of aryl methyl sites for hydroxylation is 1. The number of alkyl halides is 2. The SMILES string of the molecule is COc1cc(/C=N/OC(C)C(=O)Nc2cccc(C)c2)ccc1OC(F)F. The molecule has 0 saturated heterocycles. The lowest BCUT2D eigenvalue weighted by molar-refractivity contribution is -0.126. The fourth-order valence-electron chi connectivity index (χ4n) is 2.15. The van der Waals surface area contributed by atoms with Crippen LogP contribution in [-0.4, -0.2) is 31.9 Å². The number of ether oxygens (including phenoxy) is 2. The van der Waals surface area contributed by atoms with Gasteiger partial charge in [-0.2, -0.15) is 8.78 Å². The van der Waals surface area contributed by atoms with Crippen molar-refractivity contribution in [3.63, 3.8) is 0 Å². The van der Waals surface area contributed by atoms with Gasteiger partial charge >= 0.3 is 6.61 Å². The van der Waals surface area contributed by atoms with E-state index in [1.54, 1.807) is 13.0 Å². The summed E-state index contributed by atoms with van der Waals surface area (Å²) in [6.45, 7) is 0.531. The minimum Gasteiger partial charge on any atom is -0.493 e. The molecule has 144 valence electrons. The summed E-state index contributed by atoms with van der Waals surface area (Å²) in [7, 11) is 1.34. The van der Waals surface area contributed by atoms with E-state index >= 15 is 0 Å². The summed E-state index contributed by atoms with van der Waals surface area (Å²) >= 11 is 0. The zero-order valence-electron chi connectivity index (χ0n) is 15.1. The molecule has 0 heterocycles. The standard InChI is InChI=1S/C19H20F2N2O4/c1-12-5-4-6-15(9-12)23-18(24)13(2)27-22-11-14-7-8-16(26-19(20)21)17(10-14)25-3/h4-11,13,19H,1-3H3,(H,23,24)/b22-11+. The van der Waals surface area contributed by atoms with Gasteiger partial charge in [0, 0.05) is 11.3 Å². The highest BCUT2D eigenvalue weighted by atomic mass is 19.3. The lowest BCUT2D eigenvalue weighted by Gasteiger charge is -2.11.